The minimum atomic E-state index is -1.75. The Balaban J connectivity index is 2.81. The maximum absolute atomic E-state index is 13.6. The van der Waals surface area contributed by atoms with Crippen LogP contribution in [0.5, 0.6) is 0 Å². The molecule has 0 bridgehead atoms. The quantitative estimate of drug-likeness (QED) is 0.574. The van der Waals surface area contributed by atoms with Crippen molar-refractivity contribution in [3.63, 3.8) is 0 Å². The Morgan fingerprint density at radius 2 is 1.74 bits per heavy atom. The number of halogens is 2. The standard InChI is InChI=1S/C18H23F2NO6/c1-17(2,3)27-16(24)21-14(18(4,5)25)15(23)26-9-13(22)11-8-10(19)6-7-12(11)20/h6-8,14,25H,9H2,1-5H3,(H,21,24). The summed E-state index contributed by atoms with van der Waals surface area (Å²) in [6, 6.07) is 0.733. The maximum Gasteiger partial charge on any atom is 0.408 e. The molecule has 27 heavy (non-hydrogen) atoms. The summed E-state index contributed by atoms with van der Waals surface area (Å²) in [5.74, 6) is -3.92. The molecule has 1 atom stereocenters. The molecule has 0 fully saturated rings. The minimum Gasteiger partial charge on any atom is -0.456 e. The molecular weight excluding hydrogens is 364 g/mol. The normalized spacial score (nSPS) is 12.9. The smallest absolute Gasteiger partial charge is 0.408 e. The van der Waals surface area contributed by atoms with Crippen molar-refractivity contribution < 1.29 is 37.7 Å². The van der Waals surface area contributed by atoms with Crippen LogP contribution < -0.4 is 5.32 Å². The zero-order valence-electron chi connectivity index (χ0n) is 15.8. The molecule has 2 N–H and O–H groups in total. The number of aliphatic hydroxyl groups is 1. The van der Waals surface area contributed by atoms with Gasteiger partial charge in [0.05, 0.1) is 11.2 Å². The summed E-state index contributed by atoms with van der Waals surface area (Å²) < 4.78 is 36.5. The lowest BCUT2D eigenvalue weighted by atomic mass is 9.99. The second-order valence-electron chi connectivity index (χ2n) is 7.39. The monoisotopic (exact) mass is 387 g/mol. The molecule has 7 nitrogen and oxygen atoms in total. The van der Waals surface area contributed by atoms with Gasteiger partial charge in [0.1, 0.15) is 17.2 Å². The van der Waals surface area contributed by atoms with Crippen molar-refractivity contribution >= 4 is 17.8 Å². The molecule has 0 heterocycles. The van der Waals surface area contributed by atoms with E-state index in [1.54, 1.807) is 20.8 Å². The van der Waals surface area contributed by atoms with E-state index in [2.05, 4.69) is 5.32 Å². The van der Waals surface area contributed by atoms with Crippen LogP contribution >= 0.6 is 0 Å². The van der Waals surface area contributed by atoms with Gasteiger partial charge in [0, 0.05) is 0 Å². The van der Waals surface area contributed by atoms with Crippen LogP contribution in [0.3, 0.4) is 0 Å². The highest BCUT2D eigenvalue weighted by atomic mass is 19.1. The molecule has 9 heteroatoms. The molecule has 0 aliphatic rings. The molecule has 0 saturated heterocycles. The zero-order valence-corrected chi connectivity index (χ0v) is 15.8. The number of esters is 1. The Hall–Kier alpha value is -2.55. The lowest BCUT2D eigenvalue weighted by Crippen LogP contribution is -2.55. The van der Waals surface area contributed by atoms with Gasteiger partial charge in [0.2, 0.25) is 5.78 Å². The highest BCUT2D eigenvalue weighted by molar-refractivity contribution is 5.98. The van der Waals surface area contributed by atoms with Crippen LogP contribution in [0.25, 0.3) is 0 Å². The number of amides is 1. The van der Waals surface area contributed by atoms with Crippen molar-refractivity contribution in [3.05, 3.63) is 35.4 Å². The van der Waals surface area contributed by atoms with Crippen molar-refractivity contribution in [1.82, 2.24) is 5.32 Å². The summed E-state index contributed by atoms with van der Waals surface area (Å²) in [6.45, 7) is 6.40. The molecule has 1 rings (SSSR count). The van der Waals surface area contributed by atoms with Gasteiger partial charge in [0.15, 0.2) is 12.6 Å². The Bertz CT molecular complexity index is 722. The summed E-state index contributed by atoms with van der Waals surface area (Å²) in [7, 11) is 0. The zero-order chi connectivity index (χ0) is 21.0. The average Bonchev–Trinajstić information content (AvgIpc) is 2.49. The van der Waals surface area contributed by atoms with Gasteiger partial charge in [-0.2, -0.15) is 0 Å². The molecule has 1 aromatic carbocycles. The molecule has 0 radical (unpaired) electrons. The third-order valence-electron chi connectivity index (χ3n) is 3.18. The Morgan fingerprint density at radius 3 is 2.26 bits per heavy atom. The van der Waals surface area contributed by atoms with Gasteiger partial charge in [0.25, 0.3) is 0 Å². The van der Waals surface area contributed by atoms with Gasteiger partial charge in [-0.15, -0.1) is 0 Å². The molecule has 0 spiro atoms. The first kappa shape index (κ1) is 22.5. The summed E-state index contributed by atoms with van der Waals surface area (Å²) in [5, 5.41) is 12.3. The predicted molar refractivity (Wildman–Crippen MR) is 91.1 cm³/mol. The van der Waals surface area contributed by atoms with Gasteiger partial charge >= 0.3 is 12.1 Å². The minimum absolute atomic E-state index is 0.581. The number of nitrogens with one attached hydrogen (secondary N) is 1. The number of hydrogen-bond acceptors (Lipinski definition) is 6. The number of carbonyl (C=O) groups excluding carboxylic acids is 3. The number of hydrogen-bond donors (Lipinski definition) is 2. The van der Waals surface area contributed by atoms with Crippen molar-refractivity contribution in [2.75, 3.05) is 6.61 Å². The number of rotatable bonds is 6. The van der Waals surface area contributed by atoms with Crippen LogP contribution in [-0.2, 0) is 14.3 Å². The van der Waals surface area contributed by atoms with E-state index in [0.717, 1.165) is 12.1 Å². The fourth-order valence-electron chi connectivity index (χ4n) is 1.96. The van der Waals surface area contributed by atoms with E-state index in [-0.39, 0.29) is 0 Å². The molecule has 150 valence electrons. The highest BCUT2D eigenvalue weighted by Gasteiger charge is 2.37. The Kier molecular flexibility index (Phi) is 7.02. The highest BCUT2D eigenvalue weighted by Crippen LogP contribution is 2.14. The topological polar surface area (TPSA) is 102 Å². The van der Waals surface area contributed by atoms with E-state index in [0.29, 0.717) is 6.07 Å². The second kappa shape index (κ2) is 8.43. The Labute approximate surface area is 155 Å². The maximum atomic E-state index is 13.6. The van der Waals surface area contributed by atoms with Crippen molar-refractivity contribution in [3.8, 4) is 0 Å². The molecule has 0 saturated carbocycles. The molecule has 1 aromatic rings. The lowest BCUT2D eigenvalue weighted by Gasteiger charge is -2.29. The number of benzene rings is 1. The van der Waals surface area contributed by atoms with Gasteiger partial charge < -0.3 is 19.9 Å². The van der Waals surface area contributed by atoms with Gasteiger partial charge in [-0.25, -0.2) is 18.4 Å². The van der Waals surface area contributed by atoms with Gasteiger partial charge in [-0.3, -0.25) is 4.79 Å². The summed E-state index contributed by atoms with van der Waals surface area (Å²) in [4.78, 5) is 36.0. The predicted octanol–water partition coefficient (Wildman–Crippen LogP) is 2.35. The van der Waals surface area contributed by atoms with Crippen LogP contribution in [0.2, 0.25) is 0 Å². The van der Waals surface area contributed by atoms with E-state index in [4.69, 9.17) is 9.47 Å². The molecular formula is C18H23F2NO6. The first-order valence-corrected chi connectivity index (χ1v) is 8.07. The fraction of sp³-hybridized carbons (Fsp3) is 0.500. The average molecular weight is 387 g/mol. The Morgan fingerprint density at radius 1 is 1.15 bits per heavy atom. The lowest BCUT2D eigenvalue weighted by molar-refractivity contribution is -0.151. The molecule has 1 amide bonds. The molecule has 0 aliphatic carbocycles. The number of Topliss-reactive ketones (excluding diaryl/α,β-unsaturated/α-hetero) is 1. The summed E-state index contributed by atoms with van der Waals surface area (Å²) in [5.41, 5.74) is -3.17. The summed E-state index contributed by atoms with van der Waals surface area (Å²) >= 11 is 0. The number of alkyl carbamates (subject to hydrolysis) is 1. The van der Waals surface area contributed by atoms with Crippen molar-refractivity contribution in [1.29, 1.82) is 0 Å². The van der Waals surface area contributed by atoms with Crippen LogP contribution in [0.1, 0.15) is 45.0 Å². The van der Waals surface area contributed by atoms with Gasteiger partial charge in [-0.1, -0.05) is 0 Å². The SMILES string of the molecule is CC(C)(C)OC(=O)NC(C(=O)OCC(=O)c1cc(F)ccc1F)C(C)(C)O. The van der Waals surface area contributed by atoms with Gasteiger partial charge in [-0.05, 0) is 52.8 Å². The van der Waals surface area contributed by atoms with Crippen molar-refractivity contribution in [2.24, 2.45) is 0 Å². The van der Waals surface area contributed by atoms with Crippen LogP contribution in [-0.4, -0.2) is 46.8 Å². The van der Waals surface area contributed by atoms with Crippen molar-refractivity contribution in [2.45, 2.75) is 51.9 Å². The van der Waals surface area contributed by atoms with Crippen LogP contribution in [0, 0.1) is 11.6 Å². The summed E-state index contributed by atoms with van der Waals surface area (Å²) in [6.07, 6.45) is -0.978. The molecule has 0 aromatic heterocycles. The third kappa shape index (κ3) is 7.30. The first-order valence-electron chi connectivity index (χ1n) is 8.07. The third-order valence-corrected chi connectivity index (χ3v) is 3.18. The number of ether oxygens (including phenoxy) is 2. The fourth-order valence-corrected chi connectivity index (χ4v) is 1.96. The van der Waals surface area contributed by atoms with E-state index < -0.39 is 58.9 Å². The molecule has 1 unspecified atom stereocenters. The van der Waals surface area contributed by atoms with E-state index >= 15 is 0 Å². The number of ketones is 1. The second-order valence-corrected chi connectivity index (χ2v) is 7.39. The van der Waals surface area contributed by atoms with Crippen LogP contribution in [0.15, 0.2) is 18.2 Å². The van der Waals surface area contributed by atoms with E-state index in [1.807, 2.05) is 0 Å². The molecule has 0 aliphatic heterocycles. The van der Waals surface area contributed by atoms with Crippen LogP contribution in [0.4, 0.5) is 13.6 Å². The van der Waals surface area contributed by atoms with E-state index in [9.17, 15) is 28.3 Å². The first-order chi connectivity index (χ1) is 12.2. The van der Waals surface area contributed by atoms with E-state index in [1.165, 1.54) is 13.8 Å². The largest absolute Gasteiger partial charge is 0.456 e. The number of carbonyl (C=O) groups is 3.